The minimum atomic E-state index is -0.264. The fourth-order valence-electron chi connectivity index (χ4n) is 4.44. The molecule has 2 nitrogen and oxygen atoms in total. The van der Waals surface area contributed by atoms with Gasteiger partial charge in [0.15, 0.2) is 0 Å². The summed E-state index contributed by atoms with van der Waals surface area (Å²) in [5, 5.41) is 0. The van der Waals surface area contributed by atoms with Crippen molar-refractivity contribution in [2.45, 2.75) is 77.2 Å². The second-order valence-corrected chi connectivity index (χ2v) is 8.63. The standard InChI is InChI=1S/C21H29NO/c1-20(2,3)18-10-8-16(9-11-18)17-6-4-7-19(14-17)21(22-15-23)12-5-13-21/h4,6-7,14,16,18H,5,8-13H2,1-3H3. The minimum absolute atomic E-state index is 0.264. The molecule has 2 aliphatic rings. The first kappa shape index (κ1) is 16.5. The Balaban J connectivity index is 1.75. The molecule has 0 saturated heterocycles. The Kier molecular flexibility index (Phi) is 4.47. The molecule has 1 aromatic rings. The number of aliphatic imine (C=N–C) groups is 1. The van der Waals surface area contributed by atoms with Gasteiger partial charge in [-0.3, -0.25) is 0 Å². The van der Waals surface area contributed by atoms with E-state index in [2.05, 4.69) is 50.0 Å². The van der Waals surface area contributed by atoms with E-state index in [-0.39, 0.29) is 5.54 Å². The van der Waals surface area contributed by atoms with Gasteiger partial charge in [0.2, 0.25) is 6.08 Å². The van der Waals surface area contributed by atoms with E-state index in [1.165, 1.54) is 36.8 Å². The highest BCUT2D eigenvalue weighted by Crippen LogP contribution is 2.47. The van der Waals surface area contributed by atoms with Crippen molar-refractivity contribution in [3.8, 4) is 0 Å². The molecule has 0 spiro atoms. The van der Waals surface area contributed by atoms with Crippen molar-refractivity contribution in [2.24, 2.45) is 16.3 Å². The van der Waals surface area contributed by atoms with Crippen LogP contribution in [0.2, 0.25) is 0 Å². The van der Waals surface area contributed by atoms with Crippen LogP contribution >= 0.6 is 0 Å². The van der Waals surface area contributed by atoms with Crippen molar-refractivity contribution in [3.05, 3.63) is 35.4 Å². The van der Waals surface area contributed by atoms with Gasteiger partial charge in [-0.15, -0.1) is 0 Å². The van der Waals surface area contributed by atoms with Gasteiger partial charge >= 0.3 is 0 Å². The van der Waals surface area contributed by atoms with Crippen molar-refractivity contribution in [1.29, 1.82) is 0 Å². The molecule has 23 heavy (non-hydrogen) atoms. The summed E-state index contributed by atoms with van der Waals surface area (Å²) >= 11 is 0. The van der Waals surface area contributed by atoms with Crippen LogP contribution in [-0.4, -0.2) is 6.08 Å². The lowest BCUT2D eigenvalue weighted by molar-refractivity contribution is 0.169. The van der Waals surface area contributed by atoms with Crippen molar-refractivity contribution in [3.63, 3.8) is 0 Å². The van der Waals surface area contributed by atoms with Gasteiger partial charge in [0.1, 0.15) is 0 Å². The maximum Gasteiger partial charge on any atom is 0.235 e. The second kappa shape index (κ2) is 6.24. The molecule has 2 saturated carbocycles. The number of hydrogen-bond donors (Lipinski definition) is 0. The maximum absolute atomic E-state index is 10.8. The lowest BCUT2D eigenvalue weighted by Gasteiger charge is -2.39. The number of carbonyl (C=O) groups excluding carboxylic acids is 1. The quantitative estimate of drug-likeness (QED) is 0.518. The number of isocyanates is 1. The van der Waals surface area contributed by atoms with Gasteiger partial charge in [-0.05, 0) is 73.3 Å². The Morgan fingerprint density at radius 1 is 1.13 bits per heavy atom. The van der Waals surface area contributed by atoms with Gasteiger partial charge in [-0.1, -0.05) is 45.0 Å². The summed E-state index contributed by atoms with van der Waals surface area (Å²) < 4.78 is 0. The van der Waals surface area contributed by atoms with E-state index in [1.54, 1.807) is 6.08 Å². The SMILES string of the molecule is CC(C)(C)C1CCC(c2cccc(C3(N=C=O)CCC3)c2)CC1. The van der Waals surface area contributed by atoms with Gasteiger partial charge < -0.3 is 0 Å². The van der Waals surface area contributed by atoms with Gasteiger partial charge in [0.25, 0.3) is 0 Å². The Labute approximate surface area is 140 Å². The summed E-state index contributed by atoms with van der Waals surface area (Å²) in [6.45, 7) is 7.11. The van der Waals surface area contributed by atoms with Gasteiger partial charge in [0, 0.05) is 0 Å². The molecule has 0 radical (unpaired) electrons. The molecule has 0 aliphatic heterocycles. The first-order valence-electron chi connectivity index (χ1n) is 9.14. The summed E-state index contributed by atoms with van der Waals surface area (Å²) in [4.78, 5) is 15.0. The molecule has 2 aliphatic carbocycles. The molecule has 2 heteroatoms. The summed E-state index contributed by atoms with van der Waals surface area (Å²) in [5.74, 6) is 1.52. The number of rotatable bonds is 3. The number of hydrogen-bond acceptors (Lipinski definition) is 2. The van der Waals surface area contributed by atoms with Crippen molar-refractivity contribution < 1.29 is 4.79 Å². The average Bonchev–Trinajstić information content (AvgIpc) is 2.50. The van der Waals surface area contributed by atoms with Crippen LogP contribution < -0.4 is 0 Å². The Morgan fingerprint density at radius 3 is 2.35 bits per heavy atom. The molecule has 1 aromatic carbocycles. The molecule has 0 heterocycles. The van der Waals surface area contributed by atoms with E-state index in [0.717, 1.165) is 25.2 Å². The molecule has 0 unspecified atom stereocenters. The van der Waals surface area contributed by atoms with Crippen LogP contribution in [0.15, 0.2) is 29.3 Å². The first-order chi connectivity index (χ1) is 10.9. The van der Waals surface area contributed by atoms with Gasteiger partial charge in [-0.25, -0.2) is 4.79 Å². The number of benzene rings is 1. The van der Waals surface area contributed by atoms with E-state index in [0.29, 0.717) is 11.3 Å². The molecule has 0 atom stereocenters. The monoisotopic (exact) mass is 311 g/mol. The molecule has 3 rings (SSSR count). The highest BCUT2D eigenvalue weighted by molar-refractivity contribution is 5.41. The minimum Gasteiger partial charge on any atom is -0.211 e. The maximum atomic E-state index is 10.8. The predicted molar refractivity (Wildman–Crippen MR) is 94.2 cm³/mol. The van der Waals surface area contributed by atoms with Crippen molar-refractivity contribution >= 4 is 6.08 Å². The molecule has 124 valence electrons. The van der Waals surface area contributed by atoms with Crippen LogP contribution in [-0.2, 0) is 10.3 Å². The third-order valence-electron chi connectivity index (χ3n) is 6.29. The number of nitrogens with zero attached hydrogens (tertiary/aromatic N) is 1. The van der Waals surface area contributed by atoms with Gasteiger partial charge in [0.05, 0.1) is 5.54 Å². The molecule has 0 N–H and O–H groups in total. The average molecular weight is 311 g/mol. The smallest absolute Gasteiger partial charge is 0.211 e. The van der Waals surface area contributed by atoms with Crippen LogP contribution in [0, 0.1) is 11.3 Å². The van der Waals surface area contributed by atoms with E-state index in [4.69, 9.17) is 0 Å². The lowest BCUT2D eigenvalue weighted by Crippen LogP contribution is -2.32. The second-order valence-electron chi connectivity index (χ2n) is 8.63. The van der Waals surface area contributed by atoms with E-state index >= 15 is 0 Å². The highest BCUT2D eigenvalue weighted by Gasteiger charge is 2.39. The topological polar surface area (TPSA) is 29.4 Å². The largest absolute Gasteiger partial charge is 0.235 e. The zero-order chi connectivity index (χ0) is 16.5. The summed E-state index contributed by atoms with van der Waals surface area (Å²) in [6.07, 6.45) is 10.2. The zero-order valence-electron chi connectivity index (χ0n) is 14.8. The van der Waals surface area contributed by atoms with E-state index < -0.39 is 0 Å². The Morgan fingerprint density at radius 2 is 1.83 bits per heavy atom. The molecule has 0 aromatic heterocycles. The van der Waals surface area contributed by atoms with Crippen molar-refractivity contribution in [1.82, 2.24) is 0 Å². The molecule has 2 fully saturated rings. The third kappa shape index (κ3) is 3.28. The van der Waals surface area contributed by atoms with Crippen LogP contribution in [0.4, 0.5) is 0 Å². The fourth-order valence-corrected chi connectivity index (χ4v) is 4.44. The Bertz CT molecular complexity index is 595. The molecular formula is C21H29NO. The van der Waals surface area contributed by atoms with E-state index in [1.807, 2.05) is 0 Å². The molecule has 0 amide bonds. The van der Waals surface area contributed by atoms with Crippen molar-refractivity contribution in [2.75, 3.05) is 0 Å². The predicted octanol–water partition coefficient (Wildman–Crippen LogP) is 5.72. The zero-order valence-corrected chi connectivity index (χ0v) is 14.8. The fraction of sp³-hybridized carbons (Fsp3) is 0.667. The third-order valence-corrected chi connectivity index (χ3v) is 6.29. The van der Waals surface area contributed by atoms with Crippen LogP contribution in [0.3, 0.4) is 0 Å². The van der Waals surface area contributed by atoms with Crippen LogP contribution in [0.25, 0.3) is 0 Å². The van der Waals surface area contributed by atoms with Crippen LogP contribution in [0.5, 0.6) is 0 Å². The summed E-state index contributed by atoms with van der Waals surface area (Å²) in [5.41, 5.74) is 2.84. The summed E-state index contributed by atoms with van der Waals surface area (Å²) in [7, 11) is 0. The van der Waals surface area contributed by atoms with E-state index in [9.17, 15) is 4.79 Å². The highest BCUT2D eigenvalue weighted by atomic mass is 16.1. The summed E-state index contributed by atoms with van der Waals surface area (Å²) in [6, 6.07) is 8.88. The Hall–Kier alpha value is -1.40. The molecular weight excluding hydrogens is 282 g/mol. The first-order valence-corrected chi connectivity index (χ1v) is 9.14. The lowest BCUT2D eigenvalue weighted by atomic mass is 9.68. The molecule has 0 bridgehead atoms. The normalized spacial score (nSPS) is 26.9. The van der Waals surface area contributed by atoms with Gasteiger partial charge in [-0.2, -0.15) is 4.99 Å². The van der Waals surface area contributed by atoms with Crippen LogP contribution in [0.1, 0.15) is 82.8 Å².